The highest BCUT2D eigenvalue weighted by Gasteiger charge is 2.24. The van der Waals surface area contributed by atoms with Gasteiger partial charge in [0.15, 0.2) is 5.96 Å². The maximum atomic E-state index is 11.8. The van der Waals surface area contributed by atoms with Gasteiger partial charge in [0.1, 0.15) is 0 Å². The number of hydrogen-bond acceptors (Lipinski definition) is 6. The smallest absolute Gasteiger partial charge is 0.409 e. The Morgan fingerprint density at radius 3 is 2.60 bits per heavy atom. The number of nitro benzene ring substituents is 1. The summed E-state index contributed by atoms with van der Waals surface area (Å²) in [6.45, 7) is 5.21. The van der Waals surface area contributed by atoms with Crippen molar-refractivity contribution < 1.29 is 19.2 Å². The third-order valence-electron chi connectivity index (χ3n) is 4.75. The molecule has 1 amide bonds. The molecule has 0 aromatic heterocycles. The molecule has 166 valence electrons. The first-order chi connectivity index (χ1) is 14.5. The topological polar surface area (TPSA) is 118 Å². The van der Waals surface area contributed by atoms with Crippen LogP contribution < -0.4 is 10.6 Å². The van der Waals surface area contributed by atoms with E-state index in [0.717, 1.165) is 24.8 Å². The van der Waals surface area contributed by atoms with Crippen LogP contribution >= 0.6 is 0 Å². The van der Waals surface area contributed by atoms with E-state index in [0.29, 0.717) is 45.4 Å². The van der Waals surface area contributed by atoms with Gasteiger partial charge in [-0.15, -0.1) is 0 Å². The number of amides is 1. The first-order valence-corrected chi connectivity index (χ1v) is 10.2. The van der Waals surface area contributed by atoms with Crippen LogP contribution in [0.2, 0.25) is 0 Å². The van der Waals surface area contributed by atoms with Crippen LogP contribution in [-0.2, 0) is 16.0 Å². The van der Waals surface area contributed by atoms with Gasteiger partial charge < -0.3 is 25.0 Å². The predicted molar refractivity (Wildman–Crippen MR) is 113 cm³/mol. The van der Waals surface area contributed by atoms with Crippen LogP contribution in [0.4, 0.5) is 10.5 Å². The molecule has 0 aliphatic carbocycles. The first-order valence-electron chi connectivity index (χ1n) is 10.2. The van der Waals surface area contributed by atoms with Crippen molar-refractivity contribution in [2.24, 2.45) is 4.99 Å². The van der Waals surface area contributed by atoms with Crippen LogP contribution in [0.5, 0.6) is 0 Å². The van der Waals surface area contributed by atoms with Gasteiger partial charge >= 0.3 is 6.09 Å². The van der Waals surface area contributed by atoms with Gasteiger partial charge in [0, 0.05) is 51.5 Å². The number of non-ortho nitro benzene ring substituents is 1. The number of carbonyl (C=O) groups is 1. The Morgan fingerprint density at radius 2 is 2.00 bits per heavy atom. The Balaban J connectivity index is 1.92. The predicted octanol–water partition coefficient (Wildman–Crippen LogP) is 2.29. The molecule has 10 nitrogen and oxygen atoms in total. The zero-order valence-electron chi connectivity index (χ0n) is 17.6. The van der Waals surface area contributed by atoms with E-state index in [9.17, 15) is 14.9 Å². The van der Waals surface area contributed by atoms with Gasteiger partial charge in [-0.05, 0) is 31.7 Å². The minimum atomic E-state index is -0.417. The Hall–Kier alpha value is -2.88. The van der Waals surface area contributed by atoms with Gasteiger partial charge in [-0.1, -0.05) is 12.1 Å². The quantitative estimate of drug-likeness (QED) is 0.206. The van der Waals surface area contributed by atoms with E-state index < -0.39 is 4.92 Å². The lowest BCUT2D eigenvalue weighted by Crippen LogP contribution is -2.50. The molecule has 1 saturated heterocycles. The maximum Gasteiger partial charge on any atom is 0.409 e. The summed E-state index contributed by atoms with van der Waals surface area (Å²) in [5.74, 6) is 0.680. The molecule has 0 radical (unpaired) electrons. The van der Waals surface area contributed by atoms with E-state index in [4.69, 9.17) is 9.47 Å². The lowest BCUT2D eigenvalue weighted by molar-refractivity contribution is -0.384. The van der Waals surface area contributed by atoms with E-state index in [-0.39, 0.29) is 17.8 Å². The number of aliphatic imine (C=N–C) groups is 1. The van der Waals surface area contributed by atoms with Crippen molar-refractivity contribution in [1.29, 1.82) is 0 Å². The first kappa shape index (κ1) is 23.4. The summed E-state index contributed by atoms with van der Waals surface area (Å²) in [7, 11) is 1.67. The van der Waals surface area contributed by atoms with Crippen molar-refractivity contribution in [3.63, 3.8) is 0 Å². The summed E-state index contributed by atoms with van der Waals surface area (Å²) < 4.78 is 10.1. The van der Waals surface area contributed by atoms with Crippen molar-refractivity contribution in [3.8, 4) is 0 Å². The van der Waals surface area contributed by atoms with Crippen LogP contribution in [0.15, 0.2) is 29.3 Å². The summed E-state index contributed by atoms with van der Waals surface area (Å²) in [5, 5.41) is 17.5. The number of likely N-dealkylation sites (tertiary alicyclic amines) is 1. The van der Waals surface area contributed by atoms with Gasteiger partial charge in [-0.3, -0.25) is 10.1 Å². The summed E-state index contributed by atoms with van der Waals surface area (Å²) in [4.78, 5) is 28.6. The number of ether oxygens (including phenoxy) is 2. The van der Waals surface area contributed by atoms with Crippen molar-refractivity contribution in [1.82, 2.24) is 15.5 Å². The molecule has 0 unspecified atom stereocenters. The molecular weight excluding hydrogens is 390 g/mol. The summed E-state index contributed by atoms with van der Waals surface area (Å²) in [6, 6.07) is 6.58. The zero-order chi connectivity index (χ0) is 21.8. The number of guanidine groups is 1. The average molecular weight is 421 g/mol. The monoisotopic (exact) mass is 421 g/mol. The van der Waals surface area contributed by atoms with Crippen LogP contribution in [0, 0.1) is 10.1 Å². The molecular formula is C20H31N5O5. The van der Waals surface area contributed by atoms with Crippen LogP contribution in [-0.4, -0.2) is 67.9 Å². The molecule has 10 heteroatoms. The fourth-order valence-corrected chi connectivity index (χ4v) is 3.08. The molecule has 1 heterocycles. The minimum Gasteiger partial charge on any atom is -0.450 e. The second kappa shape index (κ2) is 12.6. The third kappa shape index (κ3) is 7.86. The SMILES string of the molecule is CCOC(=O)N1CCC(NC(=NCc2ccc([N+](=O)[O-])cc2)NCCCOC)CC1. The lowest BCUT2D eigenvalue weighted by atomic mass is 10.1. The fourth-order valence-electron chi connectivity index (χ4n) is 3.08. The summed E-state index contributed by atoms with van der Waals surface area (Å²) >= 11 is 0. The molecule has 0 bridgehead atoms. The normalized spacial score (nSPS) is 15.0. The van der Waals surface area contributed by atoms with E-state index in [2.05, 4.69) is 15.6 Å². The number of rotatable bonds is 9. The molecule has 1 aromatic rings. The third-order valence-corrected chi connectivity index (χ3v) is 4.75. The Labute approximate surface area is 176 Å². The standard InChI is InChI=1S/C20H31N5O5/c1-3-30-20(26)24-12-9-17(10-13-24)23-19(21-11-4-14-29-2)22-15-16-5-7-18(8-6-16)25(27)28/h5-8,17H,3-4,9-15H2,1-2H3,(H2,21,22,23). The molecule has 0 saturated carbocycles. The van der Waals surface area contributed by atoms with E-state index in [1.54, 1.807) is 31.1 Å². The summed E-state index contributed by atoms with van der Waals surface area (Å²) in [5.41, 5.74) is 0.947. The average Bonchev–Trinajstić information content (AvgIpc) is 2.75. The molecule has 1 aliphatic rings. The minimum absolute atomic E-state index is 0.0622. The zero-order valence-corrected chi connectivity index (χ0v) is 17.6. The van der Waals surface area contributed by atoms with Crippen LogP contribution in [0.25, 0.3) is 0 Å². The van der Waals surface area contributed by atoms with Crippen molar-refractivity contribution in [2.75, 3.05) is 40.0 Å². The molecule has 1 fully saturated rings. The molecule has 1 aliphatic heterocycles. The highest BCUT2D eigenvalue weighted by Crippen LogP contribution is 2.13. The second-order valence-corrected chi connectivity index (χ2v) is 6.97. The number of methoxy groups -OCH3 is 1. The van der Waals surface area contributed by atoms with Crippen molar-refractivity contribution in [2.45, 2.75) is 38.8 Å². The van der Waals surface area contributed by atoms with Gasteiger partial charge in [0.25, 0.3) is 5.69 Å². The lowest BCUT2D eigenvalue weighted by Gasteiger charge is -2.32. The number of carbonyl (C=O) groups excluding carboxylic acids is 1. The van der Waals surface area contributed by atoms with Crippen LogP contribution in [0.1, 0.15) is 31.7 Å². The molecule has 1 aromatic carbocycles. The molecule has 0 atom stereocenters. The number of nitro groups is 1. The number of nitrogens with one attached hydrogen (secondary N) is 2. The second-order valence-electron chi connectivity index (χ2n) is 6.97. The number of benzene rings is 1. The largest absolute Gasteiger partial charge is 0.450 e. The van der Waals surface area contributed by atoms with Gasteiger partial charge in [-0.2, -0.15) is 0 Å². The Bertz CT molecular complexity index is 702. The molecule has 2 rings (SSSR count). The van der Waals surface area contributed by atoms with E-state index in [1.165, 1.54) is 12.1 Å². The van der Waals surface area contributed by atoms with Gasteiger partial charge in [-0.25, -0.2) is 9.79 Å². The molecule has 30 heavy (non-hydrogen) atoms. The summed E-state index contributed by atoms with van der Waals surface area (Å²) in [6.07, 6.45) is 2.18. The van der Waals surface area contributed by atoms with E-state index in [1.807, 2.05) is 0 Å². The van der Waals surface area contributed by atoms with Crippen molar-refractivity contribution in [3.05, 3.63) is 39.9 Å². The Kier molecular flexibility index (Phi) is 9.85. The van der Waals surface area contributed by atoms with E-state index >= 15 is 0 Å². The van der Waals surface area contributed by atoms with Gasteiger partial charge in [0.05, 0.1) is 18.1 Å². The van der Waals surface area contributed by atoms with Crippen molar-refractivity contribution >= 4 is 17.7 Å². The maximum absolute atomic E-state index is 11.8. The highest BCUT2D eigenvalue weighted by atomic mass is 16.6. The fraction of sp³-hybridized carbons (Fsp3) is 0.600. The van der Waals surface area contributed by atoms with Gasteiger partial charge in [0.2, 0.25) is 0 Å². The number of piperidine rings is 1. The number of nitrogens with zero attached hydrogens (tertiary/aromatic N) is 3. The Morgan fingerprint density at radius 1 is 1.30 bits per heavy atom. The highest BCUT2D eigenvalue weighted by molar-refractivity contribution is 5.80. The molecule has 0 spiro atoms. The van der Waals surface area contributed by atoms with Crippen LogP contribution in [0.3, 0.4) is 0 Å². The molecule has 2 N–H and O–H groups in total. The number of hydrogen-bond donors (Lipinski definition) is 2.